The van der Waals surface area contributed by atoms with Gasteiger partial charge in [0, 0.05) is 39.1 Å². The number of benzene rings is 1. The van der Waals surface area contributed by atoms with Crippen molar-refractivity contribution >= 4 is 5.91 Å². The van der Waals surface area contributed by atoms with Gasteiger partial charge in [0.25, 0.3) is 0 Å². The van der Waals surface area contributed by atoms with Gasteiger partial charge in [0.05, 0.1) is 13.2 Å². The van der Waals surface area contributed by atoms with Crippen molar-refractivity contribution in [3.8, 4) is 11.5 Å². The molecule has 0 bridgehead atoms. The van der Waals surface area contributed by atoms with Crippen LogP contribution in [0, 0.1) is 0 Å². The summed E-state index contributed by atoms with van der Waals surface area (Å²) in [4.78, 5) is 17.3. The molecule has 2 aliphatic rings. The topological polar surface area (TPSA) is 51.2 Å². The average molecular weight is 391 g/mol. The van der Waals surface area contributed by atoms with Crippen molar-refractivity contribution in [1.82, 2.24) is 9.80 Å². The number of hydrogen-bond donors (Lipinski definition) is 0. The molecule has 0 N–H and O–H groups in total. The summed E-state index contributed by atoms with van der Waals surface area (Å²) in [6.45, 7) is 8.22. The molecule has 1 aromatic rings. The number of fused-ring (bicyclic) bond motifs is 1. The Balaban J connectivity index is 1.55. The van der Waals surface area contributed by atoms with Gasteiger partial charge in [-0.05, 0) is 24.1 Å². The lowest BCUT2D eigenvalue weighted by molar-refractivity contribution is -0.132. The molecule has 1 aromatic carbocycles. The van der Waals surface area contributed by atoms with Crippen LogP contribution in [0.1, 0.15) is 51.0 Å². The Morgan fingerprint density at radius 3 is 2.68 bits per heavy atom. The van der Waals surface area contributed by atoms with E-state index in [1.165, 1.54) is 19.3 Å². The molecule has 0 radical (unpaired) electrons. The highest BCUT2D eigenvalue weighted by molar-refractivity contribution is 5.76. The molecule has 0 unspecified atom stereocenters. The van der Waals surface area contributed by atoms with E-state index in [1.807, 2.05) is 23.1 Å². The second-order valence-electron chi connectivity index (χ2n) is 7.62. The van der Waals surface area contributed by atoms with Gasteiger partial charge in [0.15, 0.2) is 11.5 Å². The average Bonchev–Trinajstić information content (AvgIpc) is 3.19. The Labute approximate surface area is 168 Å². The van der Waals surface area contributed by atoms with E-state index in [9.17, 15) is 4.79 Å². The van der Waals surface area contributed by atoms with E-state index in [4.69, 9.17) is 14.2 Å². The number of rotatable bonds is 11. The second kappa shape index (κ2) is 11.3. The molecule has 2 aliphatic heterocycles. The summed E-state index contributed by atoms with van der Waals surface area (Å²) >= 11 is 0. The van der Waals surface area contributed by atoms with E-state index in [1.54, 1.807) is 0 Å². The Hall–Kier alpha value is -1.79. The molecule has 6 heteroatoms. The molecular weight excluding hydrogens is 356 g/mol. The zero-order chi connectivity index (χ0) is 19.6. The lowest BCUT2D eigenvalue weighted by Crippen LogP contribution is -2.42. The van der Waals surface area contributed by atoms with Crippen LogP contribution in [0.3, 0.4) is 0 Å². The van der Waals surface area contributed by atoms with Gasteiger partial charge < -0.3 is 19.1 Å². The third-order valence-corrected chi connectivity index (χ3v) is 5.45. The second-order valence-corrected chi connectivity index (χ2v) is 7.62. The van der Waals surface area contributed by atoms with E-state index in [-0.39, 0.29) is 12.7 Å². The van der Waals surface area contributed by atoms with Gasteiger partial charge in [-0.1, -0.05) is 38.7 Å². The number of carbonyl (C=O) groups excluding carboxylic acids is 1. The Morgan fingerprint density at radius 2 is 1.86 bits per heavy atom. The maximum atomic E-state index is 12.9. The summed E-state index contributed by atoms with van der Waals surface area (Å²) in [5, 5.41) is 0. The molecule has 28 heavy (non-hydrogen) atoms. The predicted molar refractivity (Wildman–Crippen MR) is 109 cm³/mol. The molecule has 1 fully saturated rings. The van der Waals surface area contributed by atoms with Gasteiger partial charge in [-0.25, -0.2) is 0 Å². The maximum Gasteiger partial charge on any atom is 0.231 e. The first-order valence-electron chi connectivity index (χ1n) is 10.7. The minimum atomic E-state index is 0.252. The fourth-order valence-electron chi connectivity index (χ4n) is 3.68. The van der Waals surface area contributed by atoms with Crippen molar-refractivity contribution in [3.63, 3.8) is 0 Å². The quantitative estimate of drug-likeness (QED) is 0.542. The van der Waals surface area contributed by atoms with Crippen molar-refractivity contribution < 1.29 is 19.0 Å². The van der Waals surface area contributed by atoms with Crippen molar-refractivity contribution in [2.75, 3.05) is 46.2 Å². The van der Waals surface area contributed by atoms with Crippen LogP contribution in [0.4, 0.5) is 0 Å². The number of amides is 1. The molecule has 6 nitrogen and oxygen atoms in total. The van der Waals surface area contributed by atoms with Crippen molar-refractivity contribution in [3.05, 3.63) is 23.8 Å². The van der Waals surface area contributed by atoms with E-state index in [0.29, 0.717) is 13.0 Å². The van der Waals surface area contributed by atoms with Crippen LogP contribution < -0.4 is 9.47 Å². The Kier molecular flexibility index (Phi) is 8.42. The van der Waals surface area contributed by atoms with E-state index in [2.05, 4.69) is 11.8 Å². The summed E-state index contributed by atoms with van der Waals surface area (Å²) in [7, 11) is 0. The molecule has 0 aliphatic carbocycles. The van der Waals surface area contributed by atoms with E-state index >= 15 is 0 Å². The molecular formula is C22H34N2O4. The SMILES string of the molecule is CCCCCCCC(=O)N(CCN1CCOCC1)Cc1ccc2c(c1)OCO2. The molecule has 1 amide bonds. The third kappa shape index (κ3) is 6.38. The fourth-order valence-corrected chi connectivity index (χ4v) is 3.68. The predicted octanol–water partition coefficient (Wildman–Crippen LogP) is 3.44. The number of hydrogen-bond acceptors (Lipinski definition) is 5. The van der Waals surface area contributed by atoms with Gasteiger partial charge in [0.2, 0.25) is 12.7 Å². The summed E-state index contributed by atoms with van der Waals surface area (Å²) < 4.78 is 16.3. The number of morpholine rings is 1. The first-order chi connectivity index (χ1) is 13.8. The van der Waals surface area contributed by atoms with Crippen LogP contribution in [0.15, 0.2) is 18.2 Å². The smallest absolute Gasteiger partial charge is 0.231 e. The third-order valence-electron chi connectivity index (χ3n) is 5.45. The van der Waals surface area contributed by atoms with Crippen LogP contribution in [0.25, 0.3) is 0 Å². The maximum absolute atomic E-state index is 12.9. The molecule has 1 saturated heterocycles. The number of unbranched alkanes of at least 4 members (excludes halogenated alkanes) is 4. The van der Waals surface area contributed by atoms with Crippen molar-refractivity contribution in [2.24, 2.45) is 0 Å². The molecule has 0 spiro atoms. The highest BCUT2D eigenvalue weighted by Gasteiger charge is 2.19. The van der Waals surface area contributed by atoms with Gasteiger partial charge >= 0.3 is 0 Å². The van der Waals surface area contributed by atoms with Crippen LogP contribution in [0.5, 0.6) is 11.5 Å². The lowest BCUT2D eigenvalue weighted by atomic mass is 10.1. The minimum Gasteiger partial charge on any atom is -0.454 e. The van der Waals surface area contributed by atoms with Gasteiger partial charge in [-0.15, -0.1) is 0 Å². The summed E-state index contributed by atoms with van der Waals surface area (Å²) in [6.07, 6.45) is 6.46. The van der Waals surface area contributed by atoms with Gasteiger partial charge in [0.1, 0.15) is 0 Å². The minimum absolute atomic E-state index is 0.252. The molecule has 0 saturated carbocycles. The number of nitrogens with zero attached hydrogens (tertiary/aromatic N) is 2. The zero-order valence-corrected chi connectivity index (χ0v) is 17.2. The van der Waals surface area contributed by atoms with Crippen LogP contribution in [-0.4, -0.2) is 61.9 Å². The summed E-state index contributed by atoms with van der Waals surface area (Å²) in [5.74, 6) is 1.81. The fraction of sp³-hybridized carbons (Fsp3) is 0.682. The molecule has 3 rings (SSSR count). The van der Waals surface area contributed by atoms with Gasteiger partial charge in [-0.2, -0.15) is 0 Å². The van der Waals surface area contributed by atoms with E-state index in [0.717, 1.165) is 69.3 Å². The molecule has 0 aromatic heterocycles. The normalized spacial score (nSPS) is 16.3. The monoisotopic (exact) mass is 390 g/mol. The molecule has 156 valence electrons. The zero-order valence-electron chi connectivity index (χ0n) is 17.2. The largest absolute Gasteiger partial charge is 0.454 e. The van der Waals surface area contributed by atoms with Crippen molar-refractivity contribution in [2.45, 2.75) is 52.0 Å². The highest BCUT2D eigenvalue weighted by Crippen LogP contribution is 2.32. The molecule has 2 heterocycles. The first-order valence-corrected chi connectivity index (χ1v) is 10.7. The van der Waals surface area contributed by atoms with Crippen LogP contribution in [0.2, 0.25) is 0 Å². The number of carbonyl (C=O) groups is 1. The summed E-state index contributed by atoms with van der Waals surface area (Å²) in [6, 6.07) is 5.97. The van der Waals surface area contributed by atoms with Crippen LogP contribution in [-0.2, 0) is 16.1 Å². The lowest BCUT2D eigenvalue weighted by Gasteiger charge is -2.30. The summed E-state index contributed by atoms with van der Waals surface area (Å²) in [5.41, 5.74) is 1.09. The number of ether oxygens (including phenoxy) is 3. The standard InChI is InChI=1S/C22H34N2O4/c1-2-3-4-5-6-7-22(25)24(11-10-23-12-14-26-15-13-23)17-19-8-9-20-21(16-19)28-18-27-20/h8-9,16H,2-7,10-15,17-18H2,1H3. The highest BCUT2D eigenvalue weighted by atomic mass is 16.7. The molecule has 0 atom stereocenters. The van der Waals surface area contributed by atoms with Gasteiger partial charge in [-0.3, -0.25) is 9.69 Å². The van der Waals surface area contributed by atoms with E-state index < -0.39 is 0 Å². The van der Waals surface area contributed by atoms with Crippen molar-refractivity contribution in [1.29, 1.82) is 0 Å². The first kappa shape index (κ1) is 20.9. The van der Waals surface area contributed by atoms with Crippen LogP contribution >= 0.6 is 0 Å². The Morgan fingerprint density at radius 1 is 1.07 bits per heavy atom. The Bertz CT molecular complexity index is 617.